The van der Waals surface area contributed by atoms with Crippen LogP contribution in [-0.4, -0.2) is 39.7 Å². The molecule has 0 fully saturated rings. The van der Waals surface area contributed by atoms with Gasteiger partial charge < -0.3 is 19.6 Å². The quantitative estimate of drug-likeness (QED) is 0.316. The zero-order valence-corrected chi connectivity index (χ0v) is 16.2. The Kier molecular flexibility index (Phi) is 10.3. The second-order valence-corrected chi connectivity index (χ2v) is 8.77. The van der Waals surface area contributed by atoms with Gasteiger partial charge in [0.2, 0.25) is 0 Å². The first kappa shape index (κ1) is 23.5. The summed E-state index contributed by atoms with van der Waals surface area (Å²) in [7, 11) is -4.45. The maximum absolute atomic E-state index is 10.8. The standard InChI is InChI=1S/C16H33O7P/c1-15(2,13-14(17)18)9-5-7-11-22-12-8-6-10-16(3,4)23-24(19,20)21/h5-13H2,1-4H3,(H,17,18)(H2,19,20,21). The van der Waals surface area contributed by atoms with Crippen LogP contribution < -0.4 is 0 Å². The van der Waals surface area contributed by atoms with Gasteiger partial charge in [0.15, 0.2) is 0 Å². The van der Waals surface area contributed by atoms with E-state index in [0.717, 1.165) is 32.1 Å². The third kappa shape index (κ3) is 15.1. The highest BCUT2D eigenvalue weighted by atomic mass is 31.2. The van der Waals surface area contributed by atoms with Crippen molar-refractivity contribution in [3.8, 4) is 0 Å². The highest BCUT2D eigenvalue weighted by molar-refractivity contribution is 7.46. The molecule has 144 valence electrons. The lowest BCUT2D eigenvalue weighted by Gasteiger charge is -2.25. The van der Waals surface area contributed by atoms with Crippen molar-refractivity contribution in [2.75, 3.05) is 13.2 Å². The third-order valence-electron chi connectivity index (χ3n) is 3.71. The lowest BCUT2D eigenvalue weighted by atomic mass is 9.84. The van der Waals surface area contributed by atoms with E-state index in [0.29, 0.717) is 19.6 Å². The molecule has 0 radical (unpaired) electrons. The number of carboxylic acids is 1. The highest BCUT2D eigenvalue weighted by Gasteiger charge is 2.28. The molecule has 0 atom stereocenters. The number of hydrogen-bond acceptors (Lipinski definition) is 4. The molecule has 0 aromatic carbocycles. The van der Waals surface area contributed by atoms with Crippen molar-refractivity contribution in [1.29, 1.82) is 0 Å². The summed E-state index contributed by atoms with van der Waals surface area (Å²) in [6, 6.07) is 0. The fourth-order valence-corrected chi connectivity index (χ4v) is 3.27. The monoisotopic (exact) mass is 368 g/mol. The maximum Gasteiger partial charge on any atom is 0.470 e. The Balaban J connectivity index is 3.62. The summed E-state index contributed by atoms with van der Waals surface area (Å²) in [5.41, 5.74) is -1.04. The Morgan fingerprint density at radius 1 is 0.958 bits per heavy atom. The molecule has 0 spiro atoms. The number of phosphoric ester groups is 1. The summed E-state index contributed by atoms with van der Waals surface area (Å²) in [4.78, 5) is 28.3. The van der Waals surface area contributed by atoms with Crippen LogP contribution in [0.25, 0.3) is 0 Å². The second kappa shape index (κ2) is 10.5. The Bertz CT molecular complexity index is 415. The summed E-state index contributed by atoms with van der Waals surface area (Å²) in [5, 5.41) is 8.81. The van der Waals surface area contributed by atoms with Gasteiger partial charge in [-0.25, -0.2) is 4.57 Å². The summed E-state index contributed by atoms with van der Waals surface area (Å²) in [6.45, 7) is 8.49. The van der Waals surface area contributed by atoms with Gasteiger partial charge in [0, 0.05) is 13.2 Å². The largest absolute Gasteiger partial charge is 0.481 e. The molecule has 0 aliphatic carbocycles. The molecule has 0 saturated carbocycles. The van der Waals surface area contributed by atoms with Gasteiger partial charge in [0.05, 0.1) is 12.0 Å². The van der Waals surface area contributed by atoms with Crippen LogP contribution in [0.15, 0.2) is 0 Å². The molecule has 0 aliphatic rings. The van der Waals surface area contributed by atoms with Crippen molar-refractivity contribution in [1.82, 2.24) is 0 Å². The normalized spacial score (nSPS) is 13.2. The van der Waals surface area contributed by atoms with Gasteiger partial charge in [-0.1, -0.05) is 20.3 Å². The Morgan fingerprint density at radius 2 is 1.46 bits per heavy atom. The molecular weight excluding hydrogens is 335 g/mol. The van der Waals surface area contributed by atoms with Crippen molar-refractivity contribution in [3.05, 3.63) is 0 Å². The van der Waals surface area contributed by atoms with Crippen LogP contribution in [0, 0.1) is 5.41 Å². The van der Waals surface area contributed by atoms with Crippen molar-refractivity contribution in [3.63, 3.8) is 0 Å². The Labute approximate surface area is 145 Å². The van der Waals surface area contributed by atoms with Crippen LogP contribution in [0.3, 0.4) is 0 Å². The number of rotatable bonds is 14. The van der Waals surface area contributed by atoms with Crippen LogP contribution in [0.4, 0.5) is 0 Å². The molecule has 0 rings (SSSR count). The maximum atomic E-state index is 10.8. The van der Waals surface area contributed by atoms with Crippen molar-refractivity contribution in [2.45, 2.75) is 78.2 Å². The molecule has 24 heavy (non-hydrogen) atoms. The van der Waals surface area contributed by atoms with E-state index in [2.05, 4.69) is 0 Å². The predicted octanol–water partition coefficient (Wildman–Crippen LogP) is 3.73. The van der Waals surface area contributed by atoms with E-state index in [9.17, 15) is 9.36 Å². The van der Waals surface area contributed by atoms with Crippen LogP contribution in [0.1, 0.15) is 72.6 Å². The SMILES string of the molecule is CC(C)(CCCCOCCCCC(C)(C)OP(=O)(O)O)CC(=O)O. The lowest BCUT2D eigenvalue weighted by molar-refractivity contribution is -0.139. The van der Waals surface area contributed by atoms with Gasteiger partial charge in [-0.05, 0) is 51.4 Å². The molecule has 7 nitrogen and oxygen atoms in total. The number of carbonyl (C=O) groups is 1. The van der Waals surface area contributed by atoms with Crippen molar-refractivity contribution in [2.24, 2.45) is 5.41 Å². The van der Waals surface area contributed by atoms with E-state index < -0.39 is 19.4 Å². The van der Waals surface area contributed by atoms with Gasteiger partial charge in [-0.2, -0.15) is 0 Å². The molecule has 0 aromatic heterocycles. The molecule has 0 unspecified atom stereocenters. The van der Waals surface area contributed by atoms with E-state index in [1.54, 1.807) is 13.8 Å². The number of unbranched alkanes of at least 4 members (excludes halogenated alkanes) is 2. The van der Waals surface area contributed by atoms with Crippen LogP contribution in [0.2, 0.25) is 0 Å². The van der Waals surface area contributed by atoms with E-state index in [-0.39, 0.29) is 11.8 Å². The molecular formula is C16H33O7P. The van der Waals surface area contributed by atoms with Gasteiger partial charge in [0.25, 0.3) is 0 Å². The summed E-state index contributed by atoms with van der Waals surface area (Å²) in [5.74, 6) is -0.762. The van der Waals surface area contributed by atoms with Gasteiger partial charge in [-0.15, -0.1) is 0 Å². The molecule has 0 aromatic rings. The lowest BCUT2D eigenvalue weighted by Crippen LogP contribution is -2.22. The van der Waals surface area contributed by atoms with Gasteiger partial charge in [0.1, 0.15) is 0 Å². The zero-order valence-electron chi connectivity index (χ0n) is 15.3. The molecule has 3 N–H and O–H groups in total. The number of carboxylic acid groups (broad SMARTS) is 1. The number of aliphatic carboxylic acids is 1. The smallest absolute Gasteiger partial charge is 0.470 e. The minimum atomic E-state index is -4.45. The molecule has 0 aliphatic heterocycles. The first-order valence-electron chi connectivity index (χ1n) is 8.39. The van der Waals surface area contributed by atoms with Crippen molar-refractivity contribution >= 4 is 13.8 Å². The number of hydrogen-bond donors (Lipinski definition) is 3. The van der Waals surface area contributed by atoms with Gasteiger partial charge >= 0.3 is 13.8 Å². The van der Waals surface area contributed by atoms with Crippen molar-refractivity contribution < 1.29 is 33.5 Å². The first-order valence-corrected chi connectivity index (χ1v) is 9.92. The molecule has 0 bridgehead atoms. The molecule has 8 heteroatoms. The van der Waals surface area contributed by atoms with Crippen LogP contribution in [-0.2, 0) is 18.6 Å². The number of ether oxygens (including phenoxy) is 1. The highest BCUT2D eigenvalue weighted by Crippen LogP contribution is 2.42. The third-order valence-corrected chi connectivity index (χ3v) is 4.44. The predicted molar refractivity (Wildman–Crippen MR) is 91.8 cm³/mol. The average molecular weight is 368 g/mol. The molecule has 0 amide bonds. The zero-order chi connectivity index (χ0) is 18.9. The Morgan fingerprint density at radius 3 is 1.92 bits per heavy atom. The molecule has 0 heterocycles. The van der Waals surface area contributed by atoms with E-state index in [4.69, 9.17) is 24.2 Å². The van der Waals surface area contributed by atoms with Gasteiger partial charge in [-0.3, -0.25) is 9.32 Å². The first-order chi connectivity index (χ1) is 10.8. The second-order valence-electron chi connectivity index (χ2n) is 7.60. The summed E-state index contributed by atoms with van der Waals surface area (Å²) in [6.07, 6.45) is 4.98. The Hall–Kier alpha value is -0.460. The minimum Gasteiger partial charge on any atom is -0.481 e. The van der Waals surface area contributed by atoms with Crippen LogP contribution >= 0.6 is 7.82 Å². The fourth-order valence-electron chi connectivity index (χ4n) is 2.53. The average Bonchev–Trinajstić information content (AvgIpc) is 2.31. The minimum absolute atomic E-state index is 0.181. The fraction of sp³-hybridized carbons (Fsp3) is 0.938. The van der Waals surface area contributed by atoms with E-state index in [1.165, 1.54) is 0 Å². The topological polar surface area (TPSA) is 113 Å². The van der Waals surface area contributed by atoms with Crippen LogP contribution in [0.5, 0.6) is 0 Å². The summed E-state index contributed by atoms with van der Waals surface area (Å²) >= 11 is 0. The molecule has 0 saturated heterocycles. The van der Waals surface area contributed by atoms with E-state index >= 15 is 0 Å². The van der Waals surface area contributed by atoms with E-state index in [1.807, 2.05) is 13.8 Å². The number of phosphoric acid groups is 1. The summed E-state index contributed by atoms with van der Waals surface area (Å²) < 4.78 is 21.1.